The number of nitrogen functional groups attached to an aromatic ring is 1. The fourth-order valence-electron chi connectivity index (χ4n) is 1.39. The molecule has 4 nitrogen and oxygen atoms in total. The van der Waals surface area contributed by atoms with Crippen molar-refractivity contribution in [2.75, 3.05) is 18.9 Å². The maximum absolute atomic E-state index is 11.7. The number of nitrogens with two attached hydrogens (primary N) is 1. The van der Waals surface area contributed by atoms with Gasteiger partial charge in [-0.15, -0.1) is 0 Å². The first-order valence-electron chi connectivity index (χ1n) is 5.85. The van der Waals surface area contributed by atoms with Gasteiger partial charge in [-0.05, 0) is 32.4 Å². The molecule has 0 aliphatic carbocycles. The number of carbonyl (C=O) groups excluding carboxylic acids is 1. The molecule has 1 rings (SSSR count). The van der Waals surface area contributed by atoms with Crippen molar-refractivity contribution < 1.29 is 9.53 Å². The largest absolute Gasteiger partial charge is 0.398 e. The first-order chi connectivity index (χ1) is 8.11. The third-order valence-corrected chi connectivity index (χ3v) is 2.26. The van der Waals surface area contributed by atoms with E-state index >= 15 is 0 Å². The summed E-state index contributed by atoms with van der Waals surface area (Å²) in [6.07, 6.45) is 1.03. The molecule has 0 saturated heterocycles. The number of para-hydroxylation sites is 1. The summed E-state index contributed by atoms with van der Waals surface area (Å²) in [7, 11) is 0. The molecular weight excluding hydrogens is 216 g/mol. The molecule has 3 N–H and O–H groups in total. The number of ether oxygens (including phenoxy) is 1. The van der Waals surface area contributed by atoms with E-state index in [0.717, 1.165) is 6.42 Å². The number of anilines is 1. The zero-order chi connectivity index (χ0) is 12.7. The first kappa shape index (κ1) is 13.5. The summed E-state index contributed by atoms with van der Waals surface area (Å²) in [5.41, 5.74) is 6.73. The fourth-order valence-corrected chi connectivity index (χ4v) is 1.39. The van der Waals surface area contributed by atoms with Gasteiger partial charge >= 0.3 is 0 Å². The highest BCUT2D eigenvalue weighted by atomic mass is 16.5. The summed E-state index contributed by atoms with van der Waals surface area (Å²) in [6.45, 7) is 5.23. The summed E-state index contributed by atoms with van der Waals surface area (Å²) in [4.78, 5) is 11.7. The topological polar surface area (TPSA) is 64.3 Å². The lowest BCUT2D eigenvalue weighted by atomic mass is 10.1. The third-order valence-electron chi connectivity index (χ3n) is 2.26. The minimum absolute atomic E-state index is 0.132. The van der Waals surface area contributed by atoms with Crippen LogP contribution in [0.2, 0.25) is 0 Å². The van der Waals surface area contributed by atoms with E-state index in [4.69, 9.17) is 10.5 Å². The predicted octanol–water partition coefficient (Wildman–Crippen LogP) is 1.81. The molecule has 1 amide bonds. The van der Waals surface area contributed by atoms with E-state index in [1.54, 1.807) is 18.2 Å². The molecule has 0 saturated carbocycles. The van der Waals surface area contributed by atoms with Crippen LogP contribution in [0.3, 0.4) is 0 Å². The van der Waals surface area contributed by atoms with Crippen LogP contribution < -0.4 is 11.1 Å². The van der Waals surface area contributed by atoms with Crippen LogP contribution in [0.4, 0.5) is 5.69 Å². The standard InChI is InChI=1S/C13H20N2O2/c1-10(2)17-9-5-8-15-13(16)11-6-3-4-7-12(11)14/h3-4,6-7,10H,5,8-9,14H2,1-2H3,(H,15,16). The minimum Gasteiger partial charge on any atom is -0.398 e. The molecule has 17 heavy (non-hydrogen) atoms. The van der Waals surface area contributed by atoms with Crippen molar-refractivity contribution in [1.82, 2.24) is 5.32 Å². The van der Waals surface area contributed by atoms with E-state index in [0.29, 0.717) is 24.4 Å². The Morgan fingerprint density at radius 2 is 2.12 bits per heavy atom. The van der Waals surface area contributed by atoms with Crippen LogP contribution in [0, 0.1) is 0 Å². The van der Waals surface area contributed by atoms with Crippen LogP contribution in [0.15, 0.2) is 24.3 Å². The van der Waals surface area contributed by atoms with Gasteiger partial charge in [0.1, 0.15) is 0 Å². The molecular formula is C13H20N2O2. The van der Waals surface area contributed by atoms with Crippen molar-refractivity contribution in [3.63, 3.8) is 0 Å². The number of carbonyl (C=O) groups is 1. The minimum atomic E-state index is -0.132. The summed E-state index contributed by atoms with van der Waals surface area (Å²) < 4.78 is 5.38. The molecule has 0 atom stereocenters. The average molecular weight is 236 g/mol. The van der Waals surface area contributed by atoms with Crippen molar-refractivity contribution in [2.45, 2.75) is 26.4 Å². The quantitative estimate of drug-likeness (QED) is 0.585. The number of hydrogen-bond donors (Lipinski definition) is 2. The van der Waals surface area contributed by atoms with Gasteiger partial charge in [0, 0.05) is 18.8 Å². The van der Waals surface area contributed by atoms with Gasteiger partial charge in [-0.25, -0.2) is 0 Å². The molecule has 1 aromatic carbocycles. The van der Waals surface area contributed by atoms with E-state index in [1.165, 1.54) is 0 Å². The summed E-state index contributed by atoms with van der Waals surface area (Å²) >= 11 is 0. The molecule has 0 radical (unpaired) electrons. The molecule has 4 heteroatoms. The smallest absolute Gasteiger partial charge is 0.253 e. The second kappa shape index (κ2) is 6.91. The number of hydrogen-bond acceptors (Lipinski definition) is 3. The molecule has 0 spiro atoms. The lowest BCUT2D eigenvalue weighted by molar-refractivity contribution is 0.0757. The van der Waals surface area contributed by atoms with Gasteiger partial charge in [-0.1, -0.05) is 12.1 Å². The lowest BCUT2D eigenvalue weighted by Gasteiger charge is -2.09. The van der Waals surface area contributed by atoms with Crippen LogP contribution in [0.25, 0.3) is 0 Å². The van der Waals surface area contributed by atoms with Crippen molar-refractivity contribution in [1.29, 1.82) is 0 Å². The lowest BCUT2D eigenvalue weighted by Crippen LogP contribution is -2.26. The maximum atomic E-state index is 11.7. The Bertz CT molecular complexity index is 364. The Morgan fingerprint density at radius 1 is 1.41 bits per heavy atom. The molecule has 0 aromatic heterocycles. The van der Waals surface area contributed by atoms with Gasteiger partial charge < -0.3 is 15.8 Å². The highest BCUT2D eigenvalue weighted by molar-refractivity contribution is 5.98. The summed E-state index contributed by atoms with van der Waals surface area (Å²) in [5, 5.41) is 2.81. The molecule has 0 fully saturated rings. The molecule has 0 aliphatic rings. The van der Waals surface area contributed by atoms with Crippen molar-refractivity contribution in [3.8, 4) is 0 Å². The number of nitrogens with one attached hydrogen (secondary N) is 1. The average Bonchev–Trinajstić information content (AvgIpc) is 2.28. The van der Waals surface area contributed by atoms with E-state index < -0.39 is 0 Å². The SMILES string of the molecule is CC(C)OCCCNC(=O)c1ccccc1N. The monoisotopic (exact) mass is 236 g/mol. The summed E-state index contributed by atoms with van der Waals surface area (Å²) in [5.74, 6) is -0.132. The van der Waals surface area contributed by atoms with Crippen LogP contribution in [0.5, 0.6) is 0 Å². The summed E-state index contributed by atoms with van der Waals surface area (Å²) in [6, 6.07) is 7.04. The van der Waals surface area contributed by atoms with E-state index in [1.807, 2.05) is 19.9 Å². The molecule has 0 aliphatic heterocycles. The van der Waals surface area contributed by atoms with E-state index in [2.05, 4.69) is 5.32 Å². The van der Waals surface area contributed by atoms with Crippen molar-refractivity contribution >= 4 is 11.6 Å². The first-order valence-corrected chi connectivity index (χ1v) is 5.85. The van der Waals surface area contributed by atoms with Crippen molar-refractivity contribution in [3.05, 3.63) is 29.8 Å². The van der Waals surface area contributed by atoms with Crippen LogP contribution >= 0.6 is 0 Å². The number of amides is 1. The van der Waals surface area contributed by atoms with Gasteiger partial charge in [-0.3, -0.25) is 4.79 Å². The second-order valence-electron chi connectivity index (χ2n) is 4.12. The van der Waals surface area contributed by atoms with Crippen LogP contribution in [0.1, 0.15) is 30.6 Å². The van der Waals surface area contributed by atoms with Gasteiger partial charge in [0.15, 0.2) is 0 Å². The second-order valence-corrected chi connectivity index (χ2v) is 4.12. The highest BCUT2D eigenvalue weighted by Crippen LogP contribution is 2.09. The van der Waals surface area contributed by atoms with Gasteiger partial charge in [0.05, 0.1) is 11.7 Å². The van der Waals surface area contributed by atoms with Crippen LogP contribution in [-0.2, 0) is 4.74 Å². The Kier molecular flexibility index (Phi) is 5.49. The number of benzene rings is 1. The zero-order valence-electron chi connectivity index (χ0n) is 10.4. The zero-order valence-corrected chi connectivity index (χ0v) is 10.4. The van der Waals surface area contributed by atoms with Gasteiger partial charge in [0.2, 0.25) is 0 Å². The molecule has 1 aromatic rings. The van der Waals surface area contributed by atoms with E-state index in [-0.39, 0.29) is 12.0 Å². The fraction of sp³-hybridized carbons (Fsp3) is 0.462. The number of rotatable bonds is 6. The molecule has 0 bridgehead atoms. The molecule has 0 unspecified atom stereocenters. The van der Waals surface area contributed by atoms with Crippen LogP contribution in [-0.4, -0.2) is 25.2 Å². The highest BCUT2D eigenvalue weighted by Gasteiger charge is 2.07. The predicted molar refractivity (Wildman–Crippen MR) is 68.9 cm³/mol. The Morgan fingerprint density at radius 3 is 2.76 bits per heavy atom. The normalized spacial score (nSPS) is 10.5. The Balaban J connectivity index is 2.29. The van der Waals surface area contributed by atoms with Crippen molar-refractivity contribution in [2.24, 2.45) is 0 Å². The maximum Gasteiger partial charge on any atom is 0.253 e. The molecule has 0 heterocycles. The third kappa shape index (κ3) is 4.87. The van der Waals surface area contributed by atoms with E-state index in [9.17, 15) is 4.79 Å². The Labute approximate surface area is 102 Å². The van der Waals surface area contributed by atoms with Gasteiger partial charge in [-0.2, -0.15) is 0 Å². The Hall–Kier alpha value is -1.55. The van der Waals surface area contributed by atoms with Gasteiger partial charge in [0.25, 0.3) is 5.91 Å². The molecule has 94 valence electrons.